The van der Waals surface area contributed by atoms with Crippen LogP contribution in [0.15, 0.2) is 35.5 Å². The fourth-order valence-corrected chi connectivity index (χ4v) is 2.76. The van der Waals surface area contributed by atoms with E-state index < -0.39 is 35.9 Å². The van der Waals surface area contributed by atoms with Crippen molar-refractivity contribution in [2.45, 2.75) is 31.2 Å². The minimum atomic E-state index is -4.75. The van der Waals surface area contributed by atoms with Crippen LogP contribution in [-0.2, 0) is 10.3 Å². The van der Waals surface area contributed by atoms with E-state index in [-0.39, 0.29) is 28.6 Å². The molecule has 0 unspecified atom stereocenters. The van der Waals surface area contributed by atoms with Crippen molar-refractivity contribution in [2.24, 2.45) is 10.7 Å². The highest BCUT2D eigenvalue weighted by molar-refractivity contribution is 5.90. The topological polar surface area (TPSA) is 162 Å². The Morgan fingerprint density at radius 2 is 2.06 bits per heavy atom. The van der Waals surface area contributed by atoms with E-state index in [2.05, 4.69) is 20.3 Å². The molecule has 0 spiro atoms. The summed E-state index contributed by atoms with van der Waals surface area (Å²) in [5.74, 6) is -0.923. The molecule has 0 bridgehead atoms. The van der Waals surface area contributed by atoms with Gasteiger partial charge in [0.1, 0.15) is 23.3 Å². The van der Waals surface area contributed by atoms with Gasteiger partial charge in [-0.05, 0) is 32.0 Å². The van der Waals surface area contributed by atoms with Gasteiger partial charge >= 0.3 is 12.3 Å². The Morgan fingerprint density at radius 3 is 2.66 bits per heavy atom. The van der Waals surface area contributed by atoms with Gasteiger partial charge in [-0.1, -0.05) is 6.07 Å². The second-order valence-electron chi connectivity index (χ2n) is 7.24. The van der Waals surface area contributed by atoms with Crippen LogP contribution in [0.1, 0.15) is 25.1 Å². The van der Waals surface area contributed by atoms with E-state index in [4.69, 9.17) is 26.2 Å². The standard InChI is InChI=1S/C19H18F3N7O3/c1-17(9-31-18(2,15(25)29-17)19(20,21)22)12-4-3-5-13(27-12)28-16(30)32-14-11(24)6-10(7-23)8-26-14/h3-6,8H,9,24H2,1-2H3,(H2,25,29)(H,27,28,30)/t17-,18+/m0/s1. The molecule has 0 fully saturated rings. The highest BCUT2D eigenvalue weighted by Gasteiger charge is 2.59. The van der Waals surface area contributed by atoms with Gasteiger partial charge in [0.05, 0.1) is 23.6 Å². The fourth-order valence-electron chi connectivity index (χ4n) is 2.76. The maximum Gasteiger partial charge on any atom is 0.424 e. The number of ether oxygens (including phenoxy) is 2. The summed E-state index contributed by atoms with van der Waals surface area (Å²) in [5.41, 5.74) is 7.63. The van der Waals surface area contributed by atoms with Crippen molar-refractivity contribution < 1.29 is 27.4 Å². The van der Waals surface area contributed by atoms with Crippen molar-refractivity contribution in [3.05, 3.63) is 41.7 Å². The minimum absolute atomic E-state index is 0.0229. The third-order valence-electron chi connectivity index (χ3n) is 4.77. The molecule has 13 heteroatoms. The number of amidine groups is 1. The van der Waals surface area contributed by atoms with Crippen LogP contribution in [0.5, 0.6) is 5.88 Å². The lowest BCUT2D eigenvalue weighted by molar-refractivity contribution is -0.249. The summed E-state index contributed by atoms with van der Waals surface area (Å²) in [6.45, 7) is 1.85. The van der Waals surface area contributed by atoms with Gasteiger partial charge in [-0.2, -0.15) is 18.4 Å². The molecule has 3 heterocycles. The van der Waals surface area contributed by atoms with Crippen LogP contribution < -0.4 is 21.5 Å². The van der Waals surface area contributed by atoms with E-state index in [1.54, 1.807) is 0 Å². The molecule has 1 aliphatic heterocycles. The molecule has 1 amide bonds. The number of aromatic nitrogens is 2. The minimum Gasteiger partial charge on any atom is -0.394 e. The number of aliphatic imine (C=N–C) groups is 1. The molecule has 0 aromatic carbocycles. The predicted octanol–water partition coefficient (Wildman–Crippen LogP) is 2.46. The molecule has 3 rings (SSSR count). The molecule has 2 aromatic rings. The van der Waals surface area contributed by atoms with Crippen LogP contribution in [0.3, 0.4) is 0 Å². The number of carbonyl (C=O) groups is 1. The van der Waals surface area contributed by atoms with E-state index in [9.17, 15) is 18.0 Å². The molecule has 0 saturated heterocycles. The normalized spacial score (nSPS) is 23.1. The molecular weight excluding hydrogens is 431 g/mol. The molecule has 0 saturated carbocycles. The van der Waals surface area contributed by atoms with E-state index in [1.165, 1.54) is 37.4 Å². The van der Waals surface area contributed by atoms with Gasteiger partial charge < -0.3 is 20.9 Å². The molecule has 2 aromatic heterocycles. The Labute approximate surface area is 180 Å². The number of hydrogen-bond acceptors (Lipinski definition) is 9. The molecule has 2 atom stereocenters. The second-order valence-corrected chi connectivity index (χ2v) is 7.24. The third-order valence-corrected chi connectivity index (χ3v) is 4.77. The summed E-state index contributed by atoms with van der Waals surface area (Å²) < 4.78 is 50.0. The predicted molar refractivity (Wildman–Crippen MR) is 107 cm³/mol. The number of nitriles is 1. The highest BCUT2D eigenvalue weighted by Crippen LogP contribution is 2.40. The molecule has 1 aliphatic rings. The van der Waals surface area contributed by atoms with Gasteiger partial charge in [0, 0.05) is 6.20 Å². The molecule has 10 nitrogen and oxygen atoms in total. The molecule has 0 radical (unpaired) electrons. The van der Waals surface area contributed by atoms with Gasteiger partial charge in [-0.25, -0.2) is 14.8 Å². The Hall–Kier alpha value is -3.92. The number of carbonyl (C=O) groups excluding carboxylic acids is 1. The van der Waals surface area contributed by atoms with Crippen LogP contribution in [-0.4, -0.2) is 40.3 Å². The van der Waals surface area contributed by atoms with Crippen LogP contribution in [0.2, 0.25) is 0 Å². The van der Waals surface area contributed by atoms with Crippen molar-refractivity contribution in [1.82, 2.24) is 9.97 Å². The van der Waals surface area contributed by atoms with Crippen LogP contribution in [0, 0.1) is 11.3 Å². The van der Waals surface area contributed by atoms with E-state index in [1.807, 2.05) is 6.07 Å². The van der Waals surface area contributed by atoms with Gasteiger partial charge in [0.2, 0.25) is 11.5 Å². The summed E-state index contributed by atoms with van der Waals surface area (Å²) in [5, 5.41) is 11.2. The number of amides is 1. The number of pyridine rings is 2. The molecule has 168 valence electrons. The SMILES string of the molecule is C[C@@]1(c2cccc(NC(=O)Oc3ncc(C#N)cc3N)n2)CO[C@@](C)(C(F)(F)F)C(N)=N1. The van der Waals surface area contributed by atoms with Gasteiger partial charge in [-0.3, -0.25) is 10.3 Å². The number of nitrogens with two attached hydrogens (primary N) is 2. The number of halogens is 3. The Morgan fingerprint density at radius 1 is 1.34 bits per heavy atom. The summed E-state index contributed by atoms with van der Waals surface area (Å²) in [4.78, 5) is 24.2. The summed E-state index contributed by atoms with van der Waals surface area (Å²) in [7, 11) is 0. The fraction of sp³-hybridized carbons (Fsp3) is 0.316. The van der Waals surface area contributed by atoms with E-state index in [0.717, 1.165) is 6.92 Å². The van der Waals surface area contributed by atoms with E-state index >= 15 is 0 Å². The molecule has 32 heavy (non-hydrogen) atoms. The zero-order valence-corrected chi connectivity index (χ0v) is 16.9. The summed E-state index contributed by atoms with van der Waals surface area (Å²) in [6.07, 6.45) is -4.54. The summed E-state index contributed by atoms with van der Waals surface area (Å²) >= 11 is 0. The monoisotopic (exact) mass is 449 g/mol. The Kier molecular flexibility index (Phi) is 5.67. The largest absolute Gasteiger partial charge is 0.424 e. The highest BCUT2D eigenvalue weighted by atomic mass is 19.4. The van der Waals surface area contributed by atoms with Crippen LogP contribution in [0.25, 0.3) is 0 Å². The van der Waals surface area contributed by atoms with Gasteiger partial charge in [0.25, 0.3) is 0 Å². The second kappa shape index (κ2) is 7.97. The average molecular weight is 449 g/mol. The Bertz CT molecular complexity index is 1130. The number of nitrogens with one attached hydrogen (secondary N) is 1. The maximum absolute atomic E-state index is 13.3. The van der Waals surface area contributed by atoms with E-state index in [0.29, 0.717) is 0 Å². The lowest BCUT2D eigenvalue weighted by atomic mass is 9.93. The first-order valence-corrected chi connectivity index (χ1v) is 9.06. The lowest BCUT2D eigenvalue weighted by Gasteiger charge is -2.40. The number of alkyl halides is 3. The quantitative estimate of drug-likeness (QED) is 0.644. The van der Waals surface area contributed by atoms with Gasteiger partial charge in [-0.15, -0.1) is 0 Å². The molecular formula is C19H18F3N7O3. The van der Waals surface area contributed by atoms with Crippen molar-refractivity contribution in [3.8, 4) is 11.9 Å². The van der Waals surface area contributed by atoms with Gasteiger partial charge in [0.15, 0.2) is 0 Å². The Balaban J connectivity index is 1.79. The number of nitrogen functional groups attached to an aromatic ring is 1. The van der Waals surface area contributed by atoms with Crippen molar-refractivity contribution in [2.75, 3.05) is 17.7 Å². The molecule has 5 N–H and O–H groups in total. The third kappa shape index (κ3) is 4.26. The number of nitrogens with zero attached hydrogens (tertiary/aromatic N) is 4. The van der Waals surface area contributed by atoms with Crippen molar-refractivity contribution in [1.29, 1.82) is 5.26 Å². The zero-order valence-electron chi connectivity index (χ0n) is 16.9. The first kappa shape index (κ1) is 22.8. The lowest BCUT2D eigenvalue weighted by Crippen LogP contribution is -2.60. The van der Waals surface area contributed by atoms with Crippen LogP contribution >= 0.6 is 0 Å². The number of anilines is 2. The molecule has 0 aliphatic carbocycles. The first-order valence-electron chi connectivity index (χ1n) is 9.06. The number of rotatable bonds is 3. The average Bonchev–Trinajstić information content (AvgIpc) is 2.72. The van der Waals surface area contributed by atoms with Crippen LogP contribution in [0.4, 0.5) is 29.5 Å². The zero-order chi connectivity index (χ0) is 23.7. The maximum atomic E-state index is 13.3. The smallest absolute Gasteiger partial charge is 0.394 e. The van der Waals surface area contributed by atoms with Crippen molar-refractivity contribution >= 4 is 23.4 Å². The first-order chi connectivity index (χ1) is 14.9. The number of hydrogen-bond donors (Lipinski definition) is 3. The van der Waals surface area contributed by atoms with Crippen molar-refractivity contribution in [3.63, 3.8) is 0 Å². The summed E-state index contributed by atoms with van der Waals surface area (Å²) in [6, 6.07) is 7.58.